The number of hydrazone groups is 1. The Labute approximate surface area is 136 Å². The molecule has 0 aliphatic heterocycles. The molecular formula is C15H12Cl2N2O3. The number of nitrogens with zero attached hydrogens (tertiary/aromatic N) is 1. The number of aromatic carboxylic acids is 1. The molecule has 0 aromatic heterocycles. The van der Waals surface area contributed by atoms with E-state index in [0.29, 0.717) is 22.0 Å². The summed E-state index contributed by atoms with van der Waals surface area (Å²) in [5.74, 6) is -1.07. The molecule has 0 radical (unpaired) electrons. The number of nitrogens with one attached hydrogen (secondary N) is 1. The lowest BCUT2D eigenvalue weighted by molar-refractivity contribution is 0.0697. The summed E-state index contributed by atoms with van der Waals surface area (Å²) in [5, 5.41) is 23.5. The summed E-state index contributed by atoms with van der Waals surface area (Å²) < 4.78 is 0. The zero-order valence-corrected chi connectivity index (χ0v) is 13.0. The summed E-state index contributed by atoms with van der Waals surface area (Å²) in [7, 11) is 0. The van der Waals surface area contributed by atoms with E-state index in [9.17, 15) is 9.90 Å². The van der Waals surface area contributed by atoms with Crippen molar-refractivity contribution in [1.82, 2.24) is 0 Å². The fourth-order valence-electron chi connectivity index (χ4n) is 1.77. The van der Waals surface area contributed by atoms with E-state index < -0.39 is 5.97 Å². The third-order valence-electron chi connectivity index (χ3n) is 2.90. The molecule has 5 nitrogen and oxygen atoms in total. The number of phenolic OH excluding ortho intramolecular Hbond substituents is 1. The lowest BCUT2D eigenvalue weighted by Crippen LogP contribution is -2.02. The first-order valence-corrected chi connectivity index (χ1v) is 6.96. The number of carboxylic acid groups (broad SMARTS) is 1. The number of aromatic hydroxyl groups is 1. The Bertz CT molecular complexity index is 760. The van der Waals surface area contributed by atoms with Crippen molar-refractivity contribution < 1.29 is 15.0 Å². The van der Waals surface area contributed by atoms with Gasteiger partial charge in [-0.05, 0) is 43.3 Å². The Balaban J connectivity index is 2.26. The van der Waals surface area contributed by atoms with Gasteiger partial charge in [0.25, 0.3) is 0 Å². The summed E-state index contributed by atoms with van der Waals surface area (Å²) in [6.45, 7) is 1.69. The van der Waals surface area contributed by atoms with Gasteiger partial charge in [-0.1, -0.05) is 23.2 Å². The summed E-state index contributed by atoms with van der Waals surface area (Å²) in [5.41, 5.74) is 4.13. The molecule has 22 heavy (non-hydrogen) atoms. The first kappa shape index (κ1) is 16.1. The summed E-state index contributed by atoms with van der Waals surface area (Å²) >= 11 is 11.7. The number of rotatable bonds is 4. The largest absolute Gasteiger partial charge is 0.507 e. The van der Waals surface area contributed by atoms with E-state index in [1.54, 1.807) is 25.1 Å². The Hall–Kier alpha value is -2.24. The van der Waals surface area contributed by atoms with Crippen molar-refractivity contribution in [2.45, 2.75) is 6.92 Å². The lowest BCUT2D eigenvalue weighted by atomic mass is 10.1. The molecule has 0 saturated carbocycles. The molecule has 0 atom stereocenters. The Morgan fingerprint density at radius 2 is 1.86 bits per heavy atom. The van der Waals surface area contributed by atoms with E-state index in [2.05, 4.69) is 10.5 Å². The highest BCUT2D eigenvalue weighted by atomic mass is 35.5. The average Bonchev–Trinajstić information content (AvgIpc) is 2.48. The smallest absolute Gasteiger partial charge is 0.337 e. The number of phenols is 1. The molecule has 0 spiro atoms. The third kappa shape index (κ3) is 3.69. The molecule has 0 heterocycles. The molecular weight excluding hydrogens is 327 g/mol. The molecule has 0 aliphatic rings. The minimum absolute atomic E-state index is 0.0230. The quantitative estimate of drug-likeness (QED) is 0.575. The van der Waals surface area contributed by atoms with Gasteiger partial charge in [0, 0.05) is 10.6 Å². The SMILES string of the molecule is CC(=NNc1ccc(Cl)c(C(=O)O)c1)c1cc(Cl)ccc1O. The van der Waals surface area contributed by atoms with E-state index in [0.717, 1.165) is 0 Å². The van der Waals surface area contributed by atoms with Crippen molar-refractivity contribution >= 4 is 40.6 Å². The van der Waals surface area contributed by atoms with Crippen LogP contribution in [0.2, 0.25) is 10.0 Å². The van der Waals surface area contributed by atoms with E-state index in [1.165, 1.54) is 18.2 Å². The predicted octanol–water partition coefficient (Wildman–Crippen LogP) is 4.23. The van der Waals surface area contributed by atoms with Crippen LogP contribution in [0.4, 0.5) is 5.69 Å². The molecule has 0 saturated heterocycles. The summed E-state index contributed by atoms with van der Waals surface area (Å²) in [4.78, 5) is 11.0. The number of carbonyl (C=O) groups is 1. The fourth-order valence-corrected chi connectivity index (χ4v) is 2.14. The van der Waals surface area contributed by atoms with Crippen molar-refractivity contribution in [2.24, 2.45) is 5.10 Å². The van der Waals surface area contributed by atoms with Crippen LogP contribution in [0.1, 0.15) is 22.8 Å². The summed E-state index contributed by atoms with van der Waals surface area (Å²) in [6, 6.07) is 9.07. The maximum Gasteiger partial charge on any atom is 0.337 e. The molecule has 2 aromatic carbocycles. The number of benzene rings is 2. The molecule has 0 bridgehead atoms. The molecule has 0 fully saturated rings. The normalized spacial score (nSPS) is 11.3. The van der Waals surface area contributed by atoms with Gasteiger partial charge in [-0.2, -0.15) is 5.10 Å². The van der Waals surface area contributed by atoms with Gasteiger partial charge >= 0.3 is 5.97 Å². The second kappa shape index (κ2) is 6.68. The van der Waals surface area contributed by atoms with Gasteiger partial charge in [0.1, 0.15) is 5.75 Å². The fraction of sp³-hybridized carbons (Fsp3) is 0.0667. The zero-order valence-electron chi connectivity index (χ0n) is 11.5. The topological polar surface area (TPSA) is 81.9 Å². The zero-order chi connectivity index (χ0) is 16.3. The van der Waals surface area contributed by atoms with Gasteiger partial charge in [-0.15, -0.1) is 0 Å². The van der Waals surface area contributed by atoms with Gasteiger partial charge < -0.3 is 10.2 Å². The highest BCUT2D eigenvalue weighted by molar-refractivity contribution is 6.33. The first-order chi connectivity index (χ1) is 10.4. The van der Waals surface area contributed by atoms with Gasteiger partial charge in [0.15, 0.2) is 0 Å². The standard InChI is InChI=1S/C15H12Cl2N2O3/c1-8(11-6-9(16)2-5-14(11)20)18-19-10-3-4-13(17)12(7-10)15(21)22/h2-7,19-20H,1H3,(H,21,22). The van der Waals surface area contributed by atoms with Crippen LogP contribution in [-0.4, -0.2) is 21.9 Å². The van der Waals surface area contributed by atoms with Crippen LogP contribution < -0.4 is 5.43 Å². The lowest BCUT2D eigenvalue weighted by Gasteiger charge is -2.07. The third-order valence-corrected chi connectivity index (χ3v) is 3.46. The number of hydrogen-bond acceptors (Lipinski definition) is 4. The van der Waals surface area contributed by atoms with Crippen LogP contribution in [0, 0.1) is 0 Å². The number of carboxylic acids is 1. The summed E-state index contributed by atoms with van der Waals surface area (Å²) in [6.07, 6.45) is 0. The number of halogens is 2. The van der Waals surface area contributed by atoms with Crippen molar-refractivity contribution in [3.63, 3.8) is 0 Å². The average molecular weight is 339 g/mol. The minimum atomic E-state index is -1.12. The van der Waals surface area contributed by atoms with Crippen LogP contribution in [0.3, 0.4) is 0 Å². The van der Waals surface area contributed by atoms with Gasteiger partial charge in [-0.25, -0.2) is 4.79 Å². The van der Waals surface area contributed by atoms with Gasteiger partial charge in [0.2, 0.25) is 0 Å². The number of anilines is 1. The van der Waals surface area contributed by atoms with E-state index in [-0.39, 0.29) is 16.3 Å². The molecule has 2 rings (SSSR count). The molecule has 3 N–H and O–H groups in total. The van der Waals surface area contributed by atoms with Crippen molar-refractivity contribution in [3.05, 3.63) is 57.6 Å². The van der Waals surface area contributed by atoms with Crippen LogP contribution in [0.5, 0.6) is 5.75 Å². The molecule has 0 unspecified atom stereocenters. The number of hydrogen-bond donors (Lipinski definition) is 3. The van der Waals surface area contributed by atoms with Crippen molar-refractivity contribution in [2.75, 3.05) is 5.43 Å². The second-order valence-electron chi connectivity index (χ2n) is 4.47. The second-order valence-corrected chi connectivity index (χ2v) is 5.31. The van der Waals surface area contributed by atoms with Gasteiger partial charge in [0.05, 0.1) is 22.0 Å². The molecule has 2 aromatic rings. The van der Waals surface area contributed by atoms with Crippen molar-refractivity contribution in [1.29, 1.82) is 0 Å². The molecule has 0 aliphatic carbocycles. The van der Waals surface area contributed by atoms with Crippen LogP contribution in [0.15, 0.2) is 41.5 Å². The maximum absolute atomic E-state index is 11.0. The molecule has 7 heteroatoms. The monoisotopic (exact) mass is 338 g/mol. The van der Waals surface area contributed by atoms with Crippen LogP contribution >= 0.6 is 23.2 Å². The van der Waals surface area contributed by atoms with Crippen LogP contribution in [0.25, 0.3) is 0 Å². The van der Waals surface area contributed by atoms with E-state index >= 15 is 0 Å². The maximum atomic E-state index is 11.0. The van der Waals surface area contributed by atoms with Crippen LogP contribution in [-0.2, 0) is 0 Å². The first-order valence-electron chi connectivity index (χ1n) is 6.20. The Kier molecular flexibility index (Phi) is 4.90. The predicted molar refractivity (Wildman–Crippen MR) is 87.4 cm³/mol. The Morgan fingerprint density at radius 1 is 1.14 bits per heavy atom. The van der Waals surface area contributed by atoms with Crippen molar-refractivity contribution in [3.8, 4) is 5.75 Å². The Morgan fingerprint density at radius 3 is 2.55 bits per heavy atom. The van der Waals surface area contributed by atoms with Gasteiger partial charge in [-0.3, -0.25) is 5.43 Å². The molecule has 114 valence electrons. The highest BCUT2D eigenvalue weighted by Gasteiger charge is 2.10. The van der Waals surface area contributed by atoms with E-state index in [1.807, 2.05) is 0 Å². The minimum Gasteiger partial charge on any atom is -0.507 e. The molecule has 0 amide bonds. The highest BCUT2D eigenvalue weighted by Crippen LogP contribution is 2.23. The van der Waals surface area contributed by atoms with E-state index in [4.69, 9.17) is 28.3 Å².